The summed E-state index contributed by atoms with van der Waals surface area (Å²) >= 11 is 0. The lowest BCUT2D eigenvalue weighted by atomic mass is 9.79. The summed E-state index contributed by atoms with van der Waals surface area (Å²) in [4.78, 5) is 93.8. The summed E-state index contributed by atoms with van der Waals surface area (Å²) in [5.74, 6) is -5.93. The highest BCUT2D eigenvalue weighted by atomic mass is 19.1. The Morgan fingerprint density at radius 3 is 0.939 bits per heavy atom. The smallest absolute Gasteiger partial charge is 0.309 e. The van der Waals surface area contributed by atoms with Gasteiger partial charge in [-0.3, -0.25) is 38.4 Å². The second-order valence-corrected chi connectivity index (χ2v) is 39.1. The van der Waals surface area contributed by atoms with Gasteiger partial charge in [-0.05, 0) is 95.6 Å². The van der Waals surface area contributed by atoms with Crippen LogP contribution in [0.3, 0.4) is 0 Å². The quantitative estimate of drug-likeness (QED) is 0.0282. The molecule has 148 heavy (non-hydrogen) atoms. The second kappa shape index (κ2) is 60.2. The SMILES string of the molecule is C.C=C1OC(COCc2ccccc2)[C@@H](C)[C@H](C)C1C.CC(=O)OCC1OC(O)C(F)[C@@H](C)[C@@H]1C.CC1C(=O)OC(COCc2ccccc2)[C@@H](C)[C@@H]1C.CCC1O[C@](C)(O[C@@H]2OC(COC(C)=O)[C@@H](OC(C)=O)C(OC(C)=O)C2F)C(OCc2ccccc2)[C@@H](OCc2ccccc2)[C@@H]1C.CCC1O[C@](C)(O[C@H]2OC(COC(C)=O)[C@@H](OC(C)=O)C(OC(C)=O)C2F)C(OCc2ccccc2)[C@@H](OCc2ccccc2)[C@@H]1C. The van der Waals surface area contributed by atoms with E-state index in [9.17, 15) is 47.9 Å². The second-order valence-electron chi connectivity index (χ2n) is 39.1. The highest BCUT2D eigenvalue weighted by Gasteiger charge is 2.61. The summed E-state index contributed by atoms with van der Waals surface area (Å²) in [5, 5.41) is 9.26. The van der Waals surface area contributed by atoms with E-state index in [1.807, 2.05) is 211 Å². The minimum Gasteiger partial charge on any atom is -0.492 e. The standard InChI is InChI=1S/2C35H45FO11.C17H24O2.C16H22O3.C10H17FO4.CH4/c2*1-7-27-21(2)30(41-18-25-14-10-8-11-15-25)33(42-19-26-16-12-9-13-17-26)35(6,46-27)47-34-29(36)32(44-24(5)39)31(43-23(4)38)28(45-34)20-40-22(3)37;1-12-13(2)15(4)19-17(14(12)3)11-18-10-16-8-6-5-7-9-16;1-11-12(2)15(19-16(17)13(11)3)10-18-9-14-7-5-4-6-8-14;1-5-6(2)9(11)10(13)15-8(5)4-14-7(3)12;/h2*8-17,21,27-34H,7,18-20H2,1-6H3;5-9,12-14,17H,4,10-11H2,1-3H3;4-8,11-13,15H,9-10H2,1-3H3;5-6,8-10,13H,4H2,1-3H3;1H4/t21-,27?,28?,29?,30+,31-,32?,33?,34+,35-;21-,27?,28?,29?,30+,31-,32?,33?,34-,35-;12-,13?,14+,17?;11-,12-,13?,15?;5-,6-,8?,9?,10?;/m11100./s1. The number of benzene rings is 6. The normalized spacial score (nSPS) is 32.6. The van der Waals surface area contributed by atoms with Crippen LogP contribution in [0.5, 0.6) is 0 Å². The third-order valence-corrected chi connectivity index (χ3v) is 28.1. The number of carbonyl (C=O) groups excluding carboxylic acids is 8. The number of aliphatic hydroxyl groups excluding tert-OH is 1. The first-order valence-corrected chi connectivity index (χ1v) is 50.7. The van der Waals surface area contributed by atoms with E-state index >= 15 is 8.78 Å². The van der Waals surface area contributed by atoms with Gasteiger partial charge in [0.05, 0.1) is 95.1 Å². The molecule has 1 N–H and O–H groups in total. The number of ether oxygens (including phenoxy) is 22. The highest BCUT2D eigenvalue weighted by Crippen LogP contribution is 2.47. The molecule has 31 nitrogen and oxygen atoms in total. The van der Waals surface area contributed by atoms with Crippen LogP contribution in [0.25, 0.3) is 0 Å². The van der Waals surface area contributed by atoms with Crippen LogP contribution < -0.4 is 0 Å². The summed E-state index contributed by atoms with van der Waals surface area (Å²) in [6.45, 7) is 42.2. The predicted octanol–water partition coefficient (Wildman–Crippen LogP) is 18.2. The fourth-order valence-corrected chi connectivity index (χ4v) is 18.7. The largest absolute Gasteiger partial charge is 0.492 e. The van der Waals surface area contributed by atoms with E-state index in [4.69, 9.17) is 104 Å². The third-order valence-electron chi connectivity index (χ3n) is 28.1. The van der Waals surface area contributed by atoms with Gasteiger partial charge >= 0.3 is 47.8 Å². The lowest BCUT2D eigenvalue weighted by Gasteiger charge is -2.52. The van der Waals surface area contributed by atoms with Crippen LogP contribution >= 0.6 is 0 Å². The number of allylic oxidation sites excluding steroid dienone is 1. The first kappa shape index (κ1) is 123. The van der Waals surface area contributed by atoms with E-state index in [2.05, 4.69) is 53.3 Å². The summed E-state index contributed by atoms with van der Waals surface area (Å²) in [5.41, 5.74) is 6.03. The zero-order valence-electron chi connectivity index (χ0n) is 88.4. The van der Waals surface area contributed by atoms with Crippen molar-refractivity contribution in [2.45, 2.75) is 346 Å². The van der Waals surface area contributed by atoms with Crippen LogP contribution in [0.4, 0.5) is 13.2 Å². The van der Waals surface area contributed by atoms with Crippen molar-refractivity contribution in [2.75, 3.05) is 33.0 Å². The molecule has 33 atom stereocenters. The van der Waals surface area contributed by atoms with Gasteiger partial charge in [0, 0.05) is 66.2 Å². The zero-order chi connectivity index (χ0) is 108. The molecule has 0 aliphatic carbocycles. The van der Waals surface area contributed by atoms with E-state index in [1.165, 1.54) is 26.3 Å². The van der Waals surface area contributed by atoms with Gasteiger partial charge in [0.15, 0.2) is 73.4 Å². The number of carbonyl (C=O) groups is 8. The first-order chi connectivity index (χ1) is 69.9. The van der Waals surface area contributed by atoms with Gasteiger partial charge in [-0.1, -0.05) is 279 Å². The van der Waals surface area contributed by atoms with Crippen LogP contribution in [-0.4, -0.2) is 226 Å². The molecule has 7 heterocycles. The van der Waals surface area contributed by atoms with Crippen LogP contribution in [0, 0.1) is 59.2 Å². The fourth-order valence-electron chi connectivity index (χ4n) is 18.7. The Morgan fingerprint density at radius 1 is 0.331 bits per heavy atom. The lowest BCUT2D eigenvalue weighted by Crippen LogP contribution is -2.67. The van der Waals surface area contributed by atoms with E-state index in [0.717, 1.165) is 61.3 Å². The van der Waals surface area contributed by atoms with Crippen molar-refractivity contribution in [1.82, 2.24) is 0 Å². The number of hydrogen-bond acceptors (Lipinski definition) is 31. The van der Waals surface area contributed by atoms with Gasteiger partial charge in [-0.25, -0.2) is 13.2 Å². The average molecular weight is 2080 g/mol. The Kier molecular flexibility index (Phi) is 50.0. The van der Waals surface area contributed by atoms with E-state index in [1.54, 1.807) is 20.8 Å². The van der Waals surface area contributed by atoms with Crippen LogP contribution in [0.1, 0.15) is 199 Å². The summed E-state index contributed by atoms with van der Waals surface area (Å²) in [6.07, 6.45) is -22.1. The van der Waals surface area contributed by atoms with Crippen molar-refractivity contribution >= 4 is 47.8 Å². The molecule has 7 aliphatic rings. The summed E-state index contributed by atoms with van der Waals surface area (Å²) < 4.78 is 174. The molecule has 7 aliphatic heterocycles. The molecule has 17 unspecified atom stereocenters. The molecule has 820 valence electrons. The lowest BCUT2D eigenvalue weighted by molar-refractivity contribution is -0.414. The summed E-state index contributed by atoms with van der Waals surface area (Å²) in [6, 6.07) is 58.7. The van der Waals surface area contributed by atoms with E-state index in [-0.39, 0.29) is 100 Å². The molecular weight excluding hydrogens is 1920 g/mol. The number of aliphatic hydroxyl groups is 1. The average Bonchev–Trinajstić information content (AvgIpc) is 0.752. The monoisotopic (exact) mass is 2080 g/mol. The van der Waals surface area contributed by atoms with Gasteiger partial charge in [0.1, 0.15) is 56.4 Å². The Balaban J connectivity index is 0.000000243. The Labute approximate surface area is 870 Å². The first-order valence-electron chi connectivity index (χ1n) is 50.7. The molecule has 0 spiro atoms. The Hall–Kier alpha value is -10.2. The Bertz CT molecular complexity index is 4700. The number of halogens is 3. The number of alkyl halides is 3. The fraction of sp³-hybridized carbons (Fsp3) is 0.596. The number of rotatable bonds is 36. The van der Waals surface area contributed by atoms with Gasteiger partial charge in [-0.15, -0.1) is 0 Å². The topological polar surface area (TPSA) is 360 Å². The van der Waals surface area contributed by atoms with Gasteiger partial charge in [-0.2, -0.15) is 0 Å². The number of esters is 8. The van der Waals surface area contributed by atoms with Crippen molar-refractivity contribution in [1.29, 1.82) is 0 Å². The molecule has 6 aromatic rings. The van der Waals surface area contributed by atoms with Crippen molar-refractivity contribution in [3.05, 3.63) is 228 Å². The van der Waals surface area contributed by atoms with E-state index < -0.39 is 171 Å². The molecule has 6 aromatic carbocycles. The van der Waals surface area contributed by atoms with Gasteiger partial charge in [0.25, 0.3) is 0 Å². The molecule has 0 saturated carbocycles. The molecular formula is C114H157F3O31. The van der Waals surface area contributed by atoms with Crippen molar-refractivity contribution in [3.8, 4) is 0 Å². The van der Waals surface area contributed by atoms with Crippen molar-refractivity contribution in [3.63, 3.8) is 0 Å². The third kappa shape index (κ3) is 36.3. The molecule has 34 heteroatoms. The molecule has 7 fully saturated rings. The van der Waals surface area contributed by atoms with Crippen molar-refractivity contribution < 1.29 is 161 Å². The van der Waals surface area contributed by atoms with E-state index in [0.29, 0.717) is 68.9 Å². The zero-order valence-corrected chi connectivity index (χ0v) is 88.4. The maximum absolute atomic E-state index is 16.4. The highest BCUT2D eigenvalue weighted by molar-refractivity contribution is 5.73. The number of cyclic esters (lactones) is 1. The van der Waals surface area contributed by atoms with Gasteiger partial charge < -0.3 is 109 Å². The van der Waals surface area contributed by atoms with Crippen LogP contribution in [-0.2, 0) is 182 Å². The number of hydrogen-bond donors (Lipinski definition) is 1. The predicted molar refractivity (Wildman–Crippen MR) is 539 cm³/mol. The maximum atomic E-state index is 16.4. The minimum absolute atomic E-state index is 0. The molecule has 0 amide bonds. The van der Waals surface area contributed by atoms with Crippen LogP contribution in [0.15, 0.2) is 194 Å². The maximum Gasteiger partial charge on any atom is 0.309 e. The van der Waals surface area contributed by atoms with Crippen molar-refractivity contribution in [2.24, 2.45) is 59.2 Å². The molecule has 0 aromatic heterocycles. The van der Waals surface area contributed by atoms with Crippen LogP contribution in [0.2, 0.25) is 0 Å². The van der Waals surface area contributed by atoms with Gasteiger partial charge in [0.2, 0.25) is 0 Å². The Morgan fingerprint density at radius 2 is 0.622 bits per heavy atom. The minimum atomic E-state index is -2.14. The molecule has 7 saturated heterocycles. The molecule has 0 bridgehead atoms. The molecule has 0 radical (unpaired) electrons. The summed E-state index contributed by atoms with van der Waals surface area (Å²) in [7, 11) is 0. The molecule has 13 rings (SSSR count).